The summed E-state index contributed by atoms with van der Waals surface area (Å²) in [5.74, 6) is -3.60. The van der Waals surface area contributed by atoms with Gasteiger partial charge in [-0.3, -0.25) is 19.2 Å². The Hall–Kier alpha value is -4.45. The maximum Gasteiger partial charge on any atom is 0.326 e. The van der Waals surface area contributed by atoms with Crippen LogP contribution in [0.3, 0.4) is 0 Å². The van der Waals surface area contributed by atoms with Gasteiger partial charge < -0.3 is 37.2 Å². The van der Waals surface area contributed by atoms with Gasteiger partial charge in [0.05, 0.1) is 6.04 Å². The lowest BCUT2D eigenvalue weighted by Crippen LogP contribution is -2.58. The summed E-state index contributed by atoms with van der Waals surface area (Å²) in [6.45, 7) is 0.249. The van der Waals surface area contributed by atoms with Crippen LogP contribution in [0.2, 0.25) is 0 Å². The minimum Gasteiger partial charge on any atom is -0.508 e. The molecular formula is C28H35N5O7. The lowest BCUT2D eigenvalue weighted by Gasteiger charge is -2.29. The number of benzene rings is 2. The van der Waals surface area contributed by atoms with Gasteiger partial charge in [0, 0.05) is 25.8 Å². The highest BCUT2D eigenvalue weighted by Gasteiger charge is 2.38. The monoisotopic (exact) mass is 553 g/mol. The SMILES string of the molecule is NC(=O)CCC(N)C(=O)NC(Cc1ccc(O)cc1)C(=O)NC(Cc1ccccc1)C(=O)N1CCCC1C(=O)O. The minimum atomic E-state index is -1.17. The van der Waals surface area contributed by atoms with Gasteiger partial charge >= 0.3 is 5.97 Å². The number of nitrogens with zero attached hydrogens (tertiary/aromatic N) is 1. The number of aliphatic carboxylic acids is 1. The van der Waals surface area contributed by atoms with Crippen LogP contribution in [-0.4, -0.2) is 75.4 Å². The van der Waals surface area contributed by atoms with Crippen molar-refractivity contribution < 1.29 is 34.2 Å². The number of aromatic hydroxyl groups is 1. The summed E-state index contributed by atoms with van der Waals surface area (Å²) in [5.41, 5.74) is 12.4. The smallest absolute Gasteiger partial charge is 0.326 e. The molecule has 214 valence electrons. The number of carbonyl (C=O) groups is 5. The molecule has 1 heterocycles. The molecule has 1 fully saturated rings. The first-order valence-electron chi connectivity index (χ1n) is 13.0. The number of phenols is 1. The van der Waals surface area contributed by atoms with Gasteiger partial charge in [0.1, 0.15) is 23.9 Å². The van der Waals surface area contributed by atoms with E-state index in [-0.39, 0.29) is 38.0 Å². The number of hydrogen-bond donors (Lipinski definition) is 6. The van der Waals surface area contributed by atoms with E-state index in [1.54, 1.807) is 36.4 Å². The predicted octanol–water partition coefficient (Wildman–Crippen LogP) is -0.185. The summed E-state index contributed by atoms with van der Waals surface area (Å²) in [5, 5.41) is 24.5. The molecule has 0 aliphatic carbocycles. The molecule has 0 aromatic heterocycles. The van der Waals surface area contributed by atoms with Crippen LogP contribution in [0.25, 0.3) is 0 Å². The molecule has 0 bridgehead atoms. The number of carbonyl (C=O) groups excluding carboxylic acids is 4. The molecule has 1 aliphatic heterocycles. The molecule has 3 rings (SSSR count). The molecule has 8 N–H and O–H groups in total. The topological polar surface area (TPSA) is 205 Å². The van der Waals surface area contributed by atoms with Gasteiger partial charge in [0.2, 0.25) is 23.6 Å². The molecule has 4 unspecified atom stereocenters. The Balaban J connectivity index is 1.84. The van der Waals surface area contributed by atoms with Crippen LogP contribution in [0.15, 0.2) is 54.6 Å². The van der Waals surface area contributed by atoms with Crippen LogP contribution >= 0.6 is 0 Å². The summed E-state index contributed by atoms with van der Waals surface area (Å²) in [7, 11) is 0. The van der Waals surface area contributed by atoms with Crippen molar-refractivity contribution in [3.05, 3.63) is 65.7 Å². The zero-order valence-electron chi connectivity index (χ0n) is 22.0. The van der Waals surface area contributed by atoms with Gasteiger partial charge in [0.25, 0.3) is 0 Å². The normalized spacial score (nSPS) is 16.9. The largest absolute Gasteiger partial charge is 0.508 e. The lowest BCUT2D eigenvalue weighted by molar-refractivity contribution is -0.149. The van der Waals surface area contributed by atoms with Gasteiger partial charge in [-0.1, -0.05) is 42.5 Å². The Labute approximate surface area is 231 Å². The Morgan fingerprint density at radius 2 is 1.50 bits per heavy atom. The van der Waals surface area contributed by atoms with Crippen LogP contribution in [0.5, 0.6) is 5.75 Å². The highest BCUT2D eigenvalue weighted by atomic mass is 16.4. The summed E-state index contributed by atoms with van der Waals surface area (Å²) in [6, 6.07) is 10.6. The molecule has 2 aromatic rings. The van der Waals surface area contributed by atoms with Crippen molar-refractivity contribution in [3.63, 3.8) is 0 Å². The number of rotatable bonds is 13. The predicted molar refractivity (Wildman–Crippen MR) is 145 cm³/mol. The minimum absolute atomic E-state index is 0.00804. The average Bonchev–Trinajstić information content (AvgIpc) is 3.42. The second-order valence-corrected chi connectivity index (χ2v) is 9.82. The fourth-order valence-corrected chi connectivity index (χ4v) is 4.59. The first kappa shape index (κ1) is 30.1. The van der Waals surface area contributed by atoms with Crippen molar-refractivity contribution in [1.82, 2.24) is 15.5 Å². The van der Waals surface area contributed by atoms with E-state index in [1.807, 2.05) is 6.07 Å². The molecular weight excluding hydrogens is 518 g/mol. The van der Waals surface area contributed by atoms with Crippen LogP contribution in [0, 0.1) is 0 Å². The Morgan fingerprint density at radius 3 is 2.12 bits per heavy atom. The Bertz CT molecular complexity index is 1210. The number of amides is 4. The summed E-state index contributed by atoms with van der Waals surface area (Å²) >= 11 is 0. The first-order valence-corrected chi connectivity index (χ1v) is 13.0. The second kappa shape index (κ2) is 14.1. The third-order valence-electron chi connectivity index (χ3n) is 6.77. The highest BCUT2D eigenvalue weighted by molar-refractivity contribution is 5.94. The van der Waals surface area contributed by atoms with E-state index in [0.717, 1.165) is 5.56 Å². The van der Waals surface area contributed by atoms with Crippen LogP contribution in [0.1, 0.15) is 36.8 Å². The fraction of sp³-hybridized carbons (Fsp3) is 0.393. The van der Waals surface area contributed by atoms with E-state index < -0.39 is 53.8 Å². The number of carboxylic acid groups (broad SMARTS) is 1. The van der Waals surface area contributed by atoms with Gasteiger partial charge in [0.15, 0.2) is 0 Å². The lowest BCUT2D eigenvalue weighted by atomic mass is 10.0. The van der Waals surface area contributed by atoms with Gasteiger partial charge in [-0.05, 0) is 42.5 Å². The van der Waals surface area contributed by atoms with E-state index in [4.69, 9.17) is 11.5 Å². The molecule has 0 saturated carbocycles. The maximum absolute atomic E-state index is 13.6. The molecule has 4 atom stereocenters. The van der Waals surface area contributed by atoms with Crippen LogP contribution in [-0.2, 0) is 36.8 Å². The second-order valence-electron chi connectivity index (χ2n) is 9.82. The Kier molecular flexibility index (Phi) is 10.6. The van der Waals surface area contributed by atoms with Crippen molar-refractivity contribution in [2.45, 2.75) is 62.7 Å². The highest BCUT2D eigenvalue weighted by Crippen LogP contribution is 2.20. The number of phenolic OH excluding ortho intramolecular Hbond substituents is 1. The van der Waals surface area contributed by atoms with E-state index in [1.165, 1.54) is 17.0 Å². The van der Waals surface area contributed by atoms with Crippen molar-refractivity contribution >= 4 is 29.6 Å². The van der Waals surface area contributed by atoms with E-state index in [9.17, 15) is 34.2 Å². The van der Waals surface area contributed by atoms with Crippen molar-refractivity contribution in [3.8, 4) is 5.75 Å². The van der Waals surface area contributed by atoms with E-state index >= 15 is 0 Å². The van der Waals surface area contributed by atoms with Gasteiger partial charge in [-0.2, -0.15) is 0 Å². The number of likely N-dealkylation sites (tertiary alicyclic amines) is 1. The average molecular weight is 554 g/mol. The van der Waals surface area contributed by atoms with E-state index in [0.29, 0.717) is 18.4 Å². The van der Waals surface area contributed by atoms with Gasteiger partial charge in [-0.15, -0.1) is 0 Å². The first-order chi connectivity index (χ1) is 19.0. The fourth-order valence-electron chi connectivity index (χ4n) is 4.59. The third kappa shape index (κ3) is 8.53. The number of nitrogens with one attached hydrogen (secondary N) is 2. The summed E-state index contributed by atoms with van der Waals surface area (Å²) in [4.78, 5) is 64.1. The number of nitrogens with two attached hydrogens (primary N) is 2. The Morgan fingerprint density at radius 1 is 0.900 bits per heavy atom. The molecule has 12 nitrogen and oxygen atoms in total. The number of carboxylic acids is 1. The number of hydrogen-bond acceptors (Lipinski definition) is 7. The molecule has 2 aromatic carbocycles. The molecule has 1 saturated heterocycles. The third-order valence-corrected chi connectivity index (χ3v) is 6.77. The maximum atomic E-state index is 13.6. The van der Waals surface area contributed by atoms with Gasteiger partial charge in [-0.25, -0.2) is 4.79 Å². The summed E-state index contributed by atoms with van der Waals surface area (Å²) in [6.07, 6.45) is 0.820. The molecule has 0 spiro atoms. The quantitative estimate of drug-likeness (QED) is 0.196. The molecule has 4 amide bonds. The number of primary amides is 1. The molecule has 12 heteroatoms. The van der Waals surface area contributed by atoms with Crippen LogP contribution < -0.4 is 22.1 Å². The summed E-state index contributed by atoms with van der Waals surface area (Å²) < 4.78 is 0. The molecule has 40 heavy (non-hydrogen) atoms. The van der Waals surface area contributed by atoms with E-state index in [2.05, 4.69) is 10.6 Å². The zero-order chi connectivity index (χ0) is 29.2. The molecule has 0 radical (unpaired) electrons. The van der Waals surface area contributed by atoms with Crippen molar-refractivity contribution in [1.29, 1.82) is 0 Å². The zero-order valence-corrected chi connectivity index (χ0v) is 22.0. The molecule has 1 aliphatic rings. The standard InChI is InChI=1S/C28H35N5O7/c29-20(12-13-24(30)35)25(36)31-21(15-18-8-10-19(34)11-9-18)26(37)32-22(16-17-5-2-1-3-6-17)27(38)33-14-4-7-23(33)28(39)40/h1-3,5-6,8-11,20-23,34H,4,7,12-16,29H2,(H2,30,35)(H,31,36)(H,32,37)(H,39,40). The van der Waals surface area contributed by atoms with Crippen molar-refractivity contribution in [2.75, 3.05) is 6.54 Å². The van der Waals surface area contributed by atoms with Crippen LogP contribution in [0.4, 0.5) is 0 Å². The van der Waals surface area contributed by atoms with Crippen molar-refractivity contribution in [2.24, 2.45) is 11.5 Å².